The van der Waals surface area contributed by atoms with Gasteiger partial charge in [0.15, 0.2) is 6.61 Å². The van der Waals surface area contributed by atoms with Gasteiger partial charge in [-0.3, -0.25) is 0 Å². The lowest BCUT2D eigenvalue weighted by Crippen LogP contribution is -2.06. The van der Waals surface area contributed by atoms with Gasteiger partial charge < -0.3 is 9.26 Å². The van der Waals surface area contributed by atoms with E-state index in [-0.39, 0.29) is 28.1 Å². The molecule has 0 fully saturated rings. The SMILES string of the molecule is O=C(OCc1nc(-c2cccc(Cl)c2)no1)c1cccc(Cl)c1Cl. The van der Waals surface area contributed by atoms with E-state index in [1.807, 2.05) is 0 Å². The summed E-state index contributed by atoms with van der Waals surface area (Å²) >= 11 is 17.8. The molecule has 24 heavy (non-hydrogen) atoms. The molecule has 0 aliphatic heterocycles. The van der Waals surface area contributed by atoms with Gasteiger partial charge >= 0.3 is 5.97 Å². The third kappa shape index (κ3) is 3.70. The van der Waals surface area contributed by atoms with Crippen molar-refractivity contribution in [2.24, 2.45) is 0 Å². The molecule has 1 heterocycles. The van der Waals surface area contributed by atoms with Crippen LogP contribution in [0.1, 0.15) is 16.2 Å². The van der Waals surface area contributed by atoms with Gasteiger partial charge in [0.25, 0.3) is 5.89 Å². The van der Waals surface area contributed by atoms with Crippen LogP contribution in [0.25, 0.3) is 11.4 Å². The van der Waals surface area contributed by atoms with E-state index in [2.05, 4.69) is 10.1 Å². The normalized spacial score (nSPS) is 10.6. The van der Waals surface area contributed by atoms with Gasteiger partial charge in [0.2, 0.25) is 5.82 Å². The van der Waals surface area contributed by atoms with Crippen LogP contribution in [-0.2, 0) is 11.3 Å². The number of nitrogens with zero attached hydrogens (tertiary/aromatic N) is 2. The van der Waals surface area contributed by atoms with Crippen LogP contribution in [0.15, 0.2) is 47.0 Å². The summed E-state index contributed by atoms with van der Waals surface area (Å²) in [5.41, 5.74) is 0.862. The molecule has 0 atom stereocenters. The molecule has 5 nitrogen and oxygen atoms in total. The topological polar surface area (TPSA) is 65.2 Å². The number of ether oxygens (including phenoxy) is 1. The van der Waals surface area contributed by atoms with Crippen LogP contribution >= 0.6 is 34.8 Å². The Balaban J connectivity index is 1.69. The number of hydrogen-bond donors (Lipinski definition) is 0. The van der Waals surface area contributed by atoms with Gasteiger partial charge in [-0.05, 0) is 24.3 Å². The second-order valence-electron chi connectivity index (χ2n) is 4.70. The highest BCUT2D eigenvalue weighted by Gasteiger charge is 2.16. The summed E-state index contributed by atoms with van der Waals surface area (Å²) < 4.78 is 10.2. The Bertz CT molecular complexity index is 896. The van der Waals surface area contributed by atoms with E-state index >= 15 is 0 Å². The predicted molar refractivity (Wildman–Crippen MR) is 90.3 cm³/mol. The Morgan fingerprint density at radius 3 is 2.71 bits per heavy atom. The van der Waals surface area contributed by atoms with Gasteiger partial charge in [-0.15, -0.1) is 0 Å². The number of hydrogen-bond acceptors (Lipinski definition) is 5. The first-order valence-corrected chi connectivity index (χ1v) is 7.87. The first kappa shape index (κ1) is 16.8. The van der Waals surface area contributed by atoms with Crippen molar-refractivity contribution in [3.63, 3.8) is 0 Å². The van der Waals surface area contributed by atoms with E-state index in [4.69, 9.17) is 44.1 Å². The fourth-order valence-electron chi connectivity index (χ4n) is 1.92. The van der Waals surface area contributed by atoms with Crippen LogP contribution in [0, 0.1) is 0 Å². The molecule has 0 radical (unpaired) electrons. The van der Waals surface area contributed by atoms with Gasteiger partial charge in [-0.1, -0.05) is 58.2 Å². The molecule has 3 rings (SSSR count). The van der Waals surface area contributed by atoms with E-state index in [1.165, 1.54) is 6.07 Å². The quantitative estimate of drug-likeness (QED) is 0.590. The summed E-state index contributed by atoms with van der Waals surface area (Å²) in [5, 5.41) is 4.79. The monoisotopic (exact) mass is 382 g/mol. The lowest BCUT2D eigenvalue weighted by atomic mass is 10.2. The van der Waals surface area contributed by atoms with Crippen LogP contribution in [0.2, 0.25) is 15.1 Å². The molecular weight excluding hydrogens is 375 g/mol. The lowest BCUT2D eigenvalue weighted by molar-refractivity contribution is 0.0430. The summed E-state index contributed by atoms with van der Waals surface area (Å²) in [5.74, 6) is -0.134. The minimum absolute atomic E-state index is 0.134. The molecule has 0 saturated carbocycles. The lowest BCUT2D eigenvalue weighted by Gasteiger charge is -2.04. The Hall–Kier alpha value is -2.08. The number of esters is 1. The zero-order valence-corrected chi connectivity index (χ0v) is 14.3. The molecule has 8 heteroatoms. The number of rotatable bonds is 4. The zero-order valence-electron chi connectivity index (χ0n) is 12.0. The second-order valence-corrected chi connectivity index (χ2v) is 5.92. The van der Waals surface area contributed by atoms with Crippen LogP contribution in [0.3, 0.4) is 0 Å². The maximum absolute atomic E-state index is 12.0. The molecule has 0 amide bonds. The van der Waals surface area contributed by atoms with Crippen molar-refractivity contribution in [2.45, 2.75) is 6.61 Å². The number of halogens is 3. The highest BCUT2D eigenvalue weighted by molar-refractivity contribution is 6.43. The number of aromatic nitrogens is 2. The molecule has 0 aliphatic rings. The van der Waals surface area contributed by atoms with E-state index in [9.17, 15) is 4.79 Å². The molecule has 3 aromatic rings. The van der Waals surface area contributed by atoms with Crippen molar-refractivity contribution < 1.29 is 14.1 Å². The maximum Gasteiger partial charge on any atom is 0.340 e. The number of carbonyl (C=O) groups is 1. The van der Waals surface area contributed by atoms with Crippen LogP contribution in [0.5, 0.6) is 0 Å². The van der Waals surface area contributed by atoms with Gasteiger partial charge in [-0.2, -0.15) is 4.98 Å². The van der Waals surface area contributed by atoms with E-state index in [0.29, 0.717) is 16.4 Å². The molecule has 0 N–H and O–H groups in total. The molecule has 2 aromatic carbocycles. The molecule has 0 unspecified atom stereocenters. The summed E-state index contributed by atoms with van der Waals surface area (Å²) in [6, 6.07) is 11.7. The van der Waals surface area contributed by atoms with Crippen molar-refractivity contribution in [1.29, 1.82) is 0 Å². The average Bonchev–Trinajstić information content (AvgIpc) is 3.04. The van der Waals surface area contributed by atoms with Crippen molar-refractivity contribution >= 4 is 40.8 Å². The minimum atomic E-state index is -0.634. The first-order chi connectivity index (χ1) is 11.5. The molecule has 0 aliphatic carbocycles. The largest absolute Gasteiger partial charge is 0.452 e. The van der Waals surface area contributed by atoms with Crippen LogP contribution in [-0.4, -0.2) is 16.1 Å². The minimum Gasteiger partial charge on any atom is -0.452 e. The Morgan fingerprint density at radius 1 is 1.12 bits per heavy atom. The molecular formula is C16H9Cl3N2O3. The smallest absolute Gasteiger partial charge is 0.340 e. The van der Waals surface area contributed by atoms with Crippen molar-refractivity contribution in [2.75, 3.05) is 0 Å². The molecule has 0 spiro atoms. The van der Waals surface area contributed by atoms with E-state index < -0.39 is 5.97 Å². The van der Waals surface area contributed by atoms with Gasteiger partial charge in [0.05, 0.1) is 15.6 Å². The first-order valence-electron chi connectivity index (χ1n) is 6.74. The average molecular weight is 384 g/mol. The highest BCUT2D eigenvalue weighted by atomic mass is 35.5. The maximum atomic E-state index is 12.0. The summed E-state index contributed by atoms with van der Waals surface area (Å²) in [4.78, 5) is 16.2. The Kier molecular flexibility index (Phi) is 5.04. The Labute approximate surface area is 152 Å². The van der Waals surface area contributed by atoms with Crippen LogP contribution < -0.4 is 0 Å². The molecule has 0 bridgehead atoms. The third-order valence-corrected chi connectivity index (χ3v) is 4.10. The summed E-state index contributed by atoms with van der Waals surface area (Å²) in [7, 11) is 0. The van der Waals surface area contributed by atoms with Crippen LogP contribution in [0.4, 0.5) is 0 Å². The van der Waals surface area contributed by atoms with E-state index in [0.717, 1.165) is 0 Å². The fraction of sp³-hybridized carbons (Fsp3) is 0.0625. The molecule has 122 valence electrons. The summed E-state index contributed by atoms with van der Waals surface area (Å²) in [6.07, 6.45) is 0. The van der Waals surface area contributed by atoms with Gasteiger partial charge in [-0.25, -0.2) is 4.79 Å². The number of carbonyl (C=O) groups excluding carboxylic acids is 1. The van der Waals surface area contributed by atoms with E-state index in [1.54, 1.807) is 36.4 Å². The van der Waals surface area contributed by atoms with Gasteiger partial charge in [0.1, 0.15) is 0 Å². The number of benzene rings is 2. The predicted octanol–water partition coefficient (Wildman–Crippen LogP) is 5.05. The van der Waals surface area contributed by atoms with Crippen molar-refractivity contribution in [3.05, 3.63) is 69.0 Å². The summed E-state index contributed by atoms with van der Waals surface area (Å²) in [6.45, 7) is -0.185. The highest BCUT2D eigenvalue weighted by Crippen LogP contribution is 2.26. The second kappa shape index (κ2) is 7.21. The standard InChI is InChI=1S/C16H9Cl3N2O3/c17-10-4-1-3-9(7-10)15-20-13(24-21-15)8-23-16(22)11-5-2-6-12(18)14(11)19/h1-7H,8H2. The zero-order chi connectivity index (χ0) is 17.1. The third-order valence-electron chi connectivity index (χ3n) is 3.05. The molecule has 0 saturated heterocycles. The van der Waals surface area contributed by atoms with Gasteiger partial charge in [0, 0.05) is 10.6 Å². The fourth-order valence-corrected chi connectivity index (χ4v) is 2.49. The van der Waals surface area contributed by atoms with Crippen molar-refractivity contribution in [1.82, 2.24) is 10.1 Å². The van der Waals surface area contributed by atoms with Crippen molar-refractivity contribution in [3.8, 4) is 11.4 Å². The Morgan fingerprint density at radius 2 is 1.92 bits per heavy atom. The molecule has 1 aromatic heterocycles.